The van der Waals surface area contributed by atoms with Gasteiger partial charge < -0.3 is 0 Å². The quantitative estimate of drug-likeness (QED) is 0.578. The standard InChI is InChI=1S/C11H14S/c1-8-3-2-4-9-7-10(12)5-6-11(8)9/h5-8,12H,2-4H2,1H3/t8-/m1/s1. The SMILES string of the molecule is C[C@@H]1CCCc2cc(S)ccc21. The van der Waals surface area contributed by atoms with Crippen LogP contribution in [0.2, 0.25) is 0 Å². The molecule has 0 saturated heterocycles. The Kier molecular flexibility index (Phi) is 2.14. The van der Waals surface area contributed by atoms with Crippen molar-refractivity contribution in [2.45, 2.75) is 37.0 Å². The number of fused-ring (bicyclic) bond motifs is 1. The highest BCUT2D eigenvalue weighted by Gasteiger charge is 2.15. The van der Waals surface area contributed by atoms with Crippen LogP contribution >= 0.6 is 12.6 Å². The first kappa shape index (κ1) is 8.18. The van der Waals surface area contributed by atoms with Crippen molar-refractivity contribution in [3.63, 3.8) is 0 Å². The van der Waals surface area contributed by atoms with E-state index >= 15 is 0 Å². The van der Waals surface area contributed by atoms with Gasteiger partial charge in [-0.05, 0) is 48.4 Å². The van der Waals surface area contributed by atoms with Gasteiger partial charge in [-0.15, -0.1) is 12.6 Å². The summed E-state index contributed by atoms with van der Waals surface area (Å²) in [6.07, 6.45) is 3.93. The molecular formula is C11H14S. The van der Waals surface area contributed by atoms with Crippen molar-refractivity contribution in [2.75, 3.05) is 0 Å². The number of hydrogen-bond donors (Lipinski definition) is 1. The summed E-state index contributed by atoms with van der Waals surface area (Å²) in [5.74, 6) is 0.752. The molecule has 1 atom stereocenters. The lowest BCUT2D eigenvalue weighted by atomic mass is 9.84. The molecule has 0 aliphatic heterocycles. The van der Waals surface area contributed by atoms with E-state index in [4.69, 9.17) is 0 Å². The smallest absolute Gasteiger partial charge is 0.00429 e. The summed E-state index contributed by atoms with van der Waals surface area (Å²) in [5, 5.41) is 0. The lowest BCUT2D eigenvalue weighted by molar-refractivity contribution is 0.589. The molecule has 2 rings (SSSR count). The third-order valence-electron chi connectivity index (χ3n) is 2.74. The van der Waals surface area contributed by atoms with Crippen molar-refractivity contribution >= 4 is 12.6 Å². The maximum Gasteiger partial charge on any atom is 0.00429 e. The van der Waals surface area contributed by atoms with Crippen LogP contribution in [0.4, 0.5) is 0 Å². The van der Waals surface area contributed by atoms with Gasteiger partial charge in [0.25, 0.3) is 0 Å². The zero-order valence-corrected chi connectivity index (χ0v) is 8.27. The Labute approximate surface area is 79.4 Å². The largest absolute Gasteiger partial charge is 0.143 e. The van der Waals surface area contributed by atoms with Crippen molar-refractivity contribution in [3.05, 3.63) is 29.3 Å². The second kappa shape index (κ2) is 3.14. The Bertz CT molecular complexity index is 291. The molecule has 64 valence electrons. The zero-order chi connectivity index (χ0) is 8.55. The molecule has 0 radical (unpaired) electrons. The van der Waals surface area contributed by atoms with E-state index in [1.165, 1.54) is 24.8 Å². The van der Waals surface area contributed by atoms with Gasteiger partial charge in [0.2, 0.25) is 0 Å². The zero-order valence-electron chi connectivity index (χ0n) is 7.38. The van der Waals surface area contributed by atoms with Crippen LogP contribution in [0.3, 0.4) is 0 Å². The topological polar surface area (TPSA) is 0 Å². The second-order valence-corrected chi connectivity index (χ2v) is 4.19. The Morgan fingerprint density at radius 1 is 1.42 bits per heavy atom. The number of rotatable bonds is 0. The first-order chi connectivity index (χ1) is 5.77. The fraction of sp³-hybridized carbons (Fsp3) is 0.455. The Morgan fingerprint density at radius 2 is 2.25 bits per heavy atom. The molecule has 1 aliphatic carbocycles. The fourth-order valence-corrected chi connectivity index (χ4v) is 2.27. The fourth-order valence-electron chi connectivity index (χ4n) is 2.04. The summed E-state index contributed by atoms with van der Waals surface area (Å²) >= 11 is 4.35. The molecule has 0 aromatic heterocycles. The van der Waals surface area contributed by atoms with Crippen LogP contribution in [-0.4, -0.2) is 0 Å². The van der Waals surface area contributed by atoms with E-state index in [0.717, 1.165) is 10.8 Å². The van der Waals surface area contributed by atoms with Gasteiger partial charge >= 0.3 is 0 Å². The Balaban J connectivity index is 2.46. The average Bonchev–Trinajstić information content (AvgIpc) is 2.04. The van der Waals surface area contributed by atoms with Crippen LogP contribution in [-0.2, 0) is 6.42 Å². The number of benzene rings is 1. The van der Waals surface area contributed by atoms with E-state index in [9.17, 15) is 0 Å². The van der Waals surface area contributed by atoms with Crippen molar-refractivity contribution in [1.82, 2.24) is 0 Å². The van der Waals surface area contributed by atoms with E-state index in [1.807, 2.05) is 0 Å². The molecular weight excluding hydrogens is 164 g/mol. The molecule has 0 nitrogen and oxygen atoms in total. The third kappa shape index (κ3) is 1.38. The predicted octanol–water partition coefficient (Wildman–Crippen LogP) is 3.42. The van der Waals surface area contributed by atoms with E-state index < -0.39 is 0 Å². The van der Waals surface area contributed by atoms with E-state index in [2.05, 4.69) is 37.8 Å². The summed E-state index contributed by atoms with van der Waals surface area (Å²) in [7, 11) is 0. The van der Waals surface area contributed by atoms with Gasteiger partial charge in [0.05, 0.1) is 0 Å². The summed E-state index contributed by atoms with van der Waals surface area (Å²) in [4.78, 5) is 1.10. The summed E-state index contributed by atoms with van der Waals surface area (Å²) in [6.45, 7) is 2.32. The second-order valence-electron chi connectivity index (χ2n) is 3.68. The first-order valence-corrected chi connectivity index (χ1v) is 5.04. The molecule has 12 heavy (non-hydrogen) atoms. The highest BCUT2D eigenvalue weighted by molar-refractivity contribution is 7.80. The van der Waals surface area contributed by atoms with Crippen molar-refractivity contribution in [3.8, 4) is 0 Å². The Morgan fingerprint density at radius 3 is 3.08 bits per heavy atom. The molecule has 0 N–H and O–H groups in total. The van der Waals surface area contributed by atoms with Crippen molar-refractivity contribution in [2.24, 2.45) is 0 Å². The molecule has 1 heteroatoms. The van der Waals surface area contributed by atoms with Crippen molar-refractivity contribution in [1.29, 1.82) is 0 Å². The summed E-state index contributed by atoms with van der Waals surface area (Å²) in [6, 6.07) is 6.55. The minimum atomic E-state index is 0.752. The normalized spacial score (nSPS) is 22.0. The lowest BCUT2D eigenvalue weighted by Crippen LogP contribution is -2.06. The number of aryl methyl sites for hydroxylation is 1. The van der Waals surface area contributed by atoms with Gasteiger partial charge in [-0.3, -0.25) is 0 Å². The number of hydrogen-bond acceptors (Lipinski definition) is 1. The third-order valence-corrected chi connectivity index (χ3v) is 3.02. The van der Waals surface area contributed by atoms with Gasteiger partial charge in [0.15, 0.2) is 0 Å². The molecule has 0 unspecified atom stereocenters. The first-order valence-electron chi connectivity index (χ1n) is 4.59. The Hall–Kier alpha value is -0.430. The summed E-state index contributed by atoms with van der Waals surface area (Å²) in [5.41, 5.74) is 3.06. The van der Waals surface area contributed by atoms with Gasteiger partial charge in [-0.2, -0.15) is 0 Å². The van der Waals surface area contributed by atoms with E-state index in [1.54, 1.807) is 5.56 Å². The highest BCUT2D eigenvalue weighted by Crippen LogP contribution is 2.31. The lowest BCUT2D eigenvalue weighted by Gasteiger charge is -2.22. The van der Waals surface area contributed by atoms with Crippen molar-refractivity contribution < 1.29 is 0 Å². The van der Waals surface area contributed by atoms with Crippen LogP contribution in [0.1, 0.15) is 36.8 Å². The molecule has 0 fully saturated rings. The maximum atomic E-state index is 4.35. The molecule has 0 amide bonds. The van der Waals surface area contributed by atoms with E-state index in [0.29, 0.717) is 0 Å². The highest BCUT2D eigenvalue weighted by atomic mass is 32.1. The predicted molar refractivity (Wildman–Crippen MR) is 55.0 cm³/mol. The van der Waals surface area contributed by atoms with Crippen LogP contribution < -0.4 is 0 Å². The minimum Gasteiger partial charge on any atom is -0.143 e. The summed E-state index contributed by atoms with van der Waals surface area (Å²) < 4.78 is 0. The molecule has 0 spiro atoms. The molecule has 1 aromatic carbocycles. The van der Waals surface area contributed by atoms with Gasteiger partial charge in [-0.25, -0.2) is 0 Å². The van der Waals surface area contributed by atoms with Gasteiger partial charge in [-0.1, -0.05) is 13.0 Å². The monoisotopic (exact) mass is 178 g/mol. The number of thiol groups is 1. The molecule has 0 saturated carbocycles. The van der Waals surface area contributed by atoms with Crippen LogP contribution in [0.25, 0.3) is 0 Å². The van der Waals surface area contributed by atoms with Crippen LogP contribution in [0, 0.1) is 0 Å². The molecule has 1 aromatic rings. The maximum absolute atomic E-state index is 4.35. The minimum absolute atomic E-state index is 0.752. The molecule has 0 bridgehead atoms. The van der Waals surface area contributed by atoms with Crippen LogP contribution in [0.15, 0.2) is 23.1 Å². The van der Waals surface area contributed by atoms with E-state index in [-0.39, 0.29) is 0 Å². The van der Waals surface area contributed by atoms with Gasteiger partial charge in [0, 0.05) is 4.90 Å². The van der Waals surface area contributed by atoms with Gasteiger partial charge in [0.1, 0.15) is 0 Å². The van der Waals surface area contributed by atoms with Crippen LogP contribution in [0.5, 0.6) is 0 Å². The molecule has 0 heterocycles. The average molecular weight is 178 g/mol. The molecule has 1 aliphatic rings.